The maximum Gasteiger partial charge on any atom is 0.423 e. The second-order valence-electron chi connectivity index (χ2n) is 1.83. The van der Waals surface area contributed by atoms with Gasteiger partial charge in [0.1, 0.15) is 17.0 Å². The van der Waals surface area contributed by atoms with Gasteiger partial charge in [0.15, 0.2) is 0 Å². The normalized spacial score (nSPS) is 11.8. The summed E-state index contributed by atoms with van der Waals surface area (Å²) >= 11 is 5.00. The van der Waals surface area contributed by atoms with E-state index in [1.165, 1.54) is 0 Å². The standard InChI is InChI=1S/C5HClF4N2/c6-3-2(5(8,9)10)4(7)12-1-11-3/h1H. The fraction of sp³-hybridized carbons (Fsp3) is 0.200. The second-order valence-corrected chi connectivity index (χ2v) is 2.19. The molecule has 0 spiro atoms. The third kappa shape index (κ3) is 1.63. The zero-order chi connectivity index (χ0) is 9.35. The summed E-state index contributed by atoms with van der Waals surface area (Å²) < 4.78 is 48.1. The van der Waals surface area contributed by atoms with Gasteiger partial charge in [-0.25, -0.2) is 9.97 Å². The molecule has 1 rings (SSSR count). The lowest BCUT2D eigenvalue weighted by molar-refractivity contribution is -0.140. The van der Waals surface area contributed by atoms with Crippen LogP contribution in [0.25, 0.3) is 0 Å². The van der Waals surface area contributed by atoms with Crippen molar-refractivity contribution in [2.75, 3.05) is 0 Å². The number of hydrogen-bond acceptors (Lipinski definition) is 2. The first-order chi connectivity index (χ1) is 5.43. The van der Waals surface area contributed by atoms with Crippen LogP contribution in [0.4, 0.5) is 17.6 Å². The molecule has 2 nitrogen and oxygen atoms in total. The van der Waals surface area contributed by atoms with Crippen LogP contribution < -0.4 is 0 Å². The van der Waals surface area contributed by atoms with E-state index in [0.29, 0.717) is 6.33 Å². The predicted molar refractivity (Wildman–Crippen MR) is 32.0 cm³/mol. The van der Waals surface area contributed by atoms with E-state index in [0.717, 1.165) is 0 Å². The van der Waals surface area contributed by atoms with Gasteiger partial charge < -0.3 is 0 Å². The lowest BCUT2D eigenvalue weighted by Crippen LogP contribution is -2.11. The van der Waals surface area contributed by atoms with Gasteiger partial charge in [0.2, 0.25) is 5.95 Å². The minimum absolute atomic E-state index is 0.618. The molecule has 12 heavy (non-hydrogen) atoms. The summed E-state index contributed by atoms with van der Waals surface area (Å²) in [6.45, 7) is 0. The Kier molecular flexibility index (Phi) is 2.18. The highest BCUT2D eigenvalue weighted by Gasteiger charge is 2.38. The Morgan fingerprint density at radius 2 is 1.83 bits per heavy atom. The highest BCUT2D eigenvalue weighted by Crippen LogP contribution is 2.34. The Morgan fingerprint density at radius 1 is 1.25 bits per heavy atom. The first kappa shape index (κ1) is 9.18. The molecular weight excluding hydrogens is 200 g/mol. The summed E-state index contributed by atoms with van der Waals surface area (Å²) in [4.78, 5) is 5.72. The summed E-state index contributed by atoms with van der Waals surface area (Å²) in [5.74, 6) is -1.66. The van der Waals surface area contributed by atoms with E-state index in [9.17, 15) is 17.6 Å². The van der Waals surface area contributed by atoms with Gasteiger partial charge in [-0.05, 0) is 0 Å². The minimum atomic E-state index is -4.86. The van der Waals surface area contributed by atoms with Crippen molar-refractivity contribution < 1.29 is 17.6 Å². The van der Waals surface area contributed by atoms with Crippen LogP contribution in [0.3, 0.4) is 0 Å². The molecule has 0 amide bonds. The Morgan fingerprint density at radius 3 is 2.17 bits per heavy atom. The molecular formula is C5HClF4N2. The zero-order valence-corrected chi connectivity index (χ0v) is 6.12. The quantitative estimate of drug-likeness (QED) is 0.474. The lowest BCUT2D eigenvalue weighted by atomic mass is 10.3. The zero-order valence-electron chi connectivity index (χ0n) is 5.36. The van der Waals surface area contributed by atoms with E-state index < -0.39 is 22.8 Å². The number of hydrogen-bond donors (Lipinski definition) is 0. The van der Waals surface area contributed by atoms with Gasteiger partial charge in [0.05, 0.1) is 0 Å². The predicted octanol–water partition coefficient (Wildman–Crippen LogP) is 2.29. The molecule has 0 radical (unpaired) electrons. The van der Waals surface area contributed by atoms with Gasteiger partial charge in [-0.3, -0.25) is 0 Å². The third-order valence-electron chi connectivity index (χ3n) is 1.04. The van der Waals surface area contributed by atoms with Crippen molar-refractivity contribution in [2.45, 2.75) is 6.18 Å². The fourth-order valence-corrected chi connectivity index (χ4v) is 0.807. The molecule has 0 N–H and O–H groups in total. The topological polar surface area (TPSA) is 25.8 Å². The van der Waals surface area contributed by atoms with Crippen molar-refractivity contribution in [1.82, 2.24) is 9.97 Å². The van der Waals surface area contributed by atoms with E-state index in [4.69, 9.17) is 11.6 Å². The Bertz CT molecular complexity index is 278. The van der Waals surface area contributed by atoms with Gasteiger partial charge in [0.25, 0.3) is 0 Å². The summed E-state index contributed by atoms with van der Waals surface area (Å²) in [5, 5.41) is -0.935. The molecule has 0 atom stereocenters. The van der Waals surface area contributed by atoms with E-state index in [1.807, 2.05) is 0 Å². The van der Waals surface area contributed by atoms with Crippen molar-refractivity contribution >= 4 is 11.6 Å². The highest BCUT2D eigenvalue weighted by atomic mass is 35.5. The lowest BCUT2D eigenvalue weighted by Gasteiger charge is -2.06. The van der Waals surface area contributed by atoms with Gasteiger partial charge >= 0.3 is 6.18 Å². The van der Waals surface area contributed by atoms with Crippen molar-refractivity contribution in [1.29, 1.82) is 0 Å². The number of halogens is 5. The number of aromatic nitrogens is 2. The SMILES string of the molecule is Fc1ncnc(Cl)c1C(F)(F)F. The molecule has 0 aromatic carbocycles. The van der Waals surface area contributed by atoms with E-state index in [2.05, 4.69) is 9.97 Å². The smallest absolute Gasteiger partial charge is 0.224 e. The van der Waals surface area contributed by atoms with Crippen LogP contribution in [-0.2, 0) is 6.18 Å². The first-order valence-corrected chi connectivity index (χ1v) is 3.04. The fourth-order valence-electron chi connectivity index (χ4n) is 0.578. The van der Waals surface area contributed by atoms with Crippen LogP contribution in [0.5, 0.6) is 0 Å². The van der Waals surface area contributed by atoms with Crippen LogP contribution in [0, 0.1) is 5.95 Å². The average molecular weight is 201 g/mol. The Balaban J connectivity index is 3.31. The van der Waals surface area contributed by atoms with Gasteiger partial charge in [-0.1, -0.05) is 11.6 Å². The highest BCUT2D eigenvalue weighted by molar-refractivity contribution is 6.30. The van der Waals surface area contributed by atoms with Gasteiger partial charge in [0, 0.05) is 0 Å². The molecule has 0 aliphatic carbocycles. The largest absolute Gasteiger partial charge is 0.423 e. The maximum absolute atomic E-state index is 12.4. The molecule has 0 aliphatic heterocycles. The van der Waals surface area contributed by atoms with Crippen LogP contribution in [0.1, 0.15) is 5.56 Å². The van der Waals surface area contributed by atoms with Crippen molar-refractivity contribution in [2.24, 2.45) is 0 Å². The second kappa shape index (κ2) is 2.85. The summed E-state index contributed by atoms with van der Waals surface area (Å²) in [7, 11) is 0. The van der Waals surface area contributed by atoms with Gasteiger partial charge in [-0.2, -0.15) is 17.6 Å². The molecule has 1 heterocycles. The van der Waals surface area contributed by atoms with Gasteiger partial charge in [-0.15, -0.1) is 0 Å². The monoisotopic (exact) mass is 200 g/mol. The summed E-state index contributed by atoms with van der Waals surface area (Å²) in [6, 6.07) is 0. The van der Waals surface area contributed by atoms with Crippen molar-refractivity contribution in [3.63, 3.8) is 0 Å². The number of alkyl halides is 3. The molecule has 1 aromatic heterocycles. The minimum Gasteiger partial charge on any atom is -0.224 e. The Hall–Kier alpha value is -0.910. The van der Waals surface area contributed by atoms with E-state index >= 15 is 0 Å². The van der Waals surface area contributed by atoms with Crippen LogP contribution >= 0.6 is 11.6 Å². The number of rotatable bonds is 0. The molecule has 66 valence electrons. The molecule has 0 bridgehead atoms. The third-order valence-corrected chi connectivity index (χ3v) is 1.32. The number of nitrogens with zero attached hydrogens (tertiary/aromatic N) is 2. The van der Waals surface area contributed by atoms with Crippen LogP contribution in [0.2, 0.25) is 5.15 Å². The maximum atomic E-state index is 12.4. The first-order valence-electron chi connectivity index (χ1n) is 2.66. The molecule has 0 unspecified atom stereocenters. The molecule has 7 heteroatoms. The van der Waals surface area contributed by atoms with E-state index in [-0.39, 0.29) is 0 Å². The molecule has 0 fully saturated rings. The van der Waals surface area contributed by atoms with Crippen LogP contribution in [0.15, 0.2) is 6.33 Å². The molecule has 0 saturated heterocycles. The summed E-state index contributed by atoms with van der Waals surface area (Å²) in [6.07, 6.45) is -4.24. The average Bonchev–Trinajstić information content (AvgIpc) is 1.82. The molecule has 0 saturated carbocycles. The Labute approximate surface area is 69.2 Å². The van der Waals surface area contributed by atoms with Crippen molar-refractivity contribution in [3.8, 4) is 0 Å². The molecule has 0 aliphatic rings. The van der Waals surface area contributed by atoms with E-state index in [1.54, 1.807) is 0 Å². The molecule has 1 aromatic rings. The van der Waals surface area contributed by atoms with Crippen LogP contribution in [-0.4, -0.2) is 9.97 Å². The van der Waals surface area contributed by atoms with Crippen molar-refractivity contribution in [3.05, 3.63) is 23.0 Å². The summed E-state index contributed by atoms with van der Waals surface area (Å²) in [5.41, 5.74) is -1.63.